The van der Waals surface area contributed by atoms with Crippen molar-refractivity contribution in [3.05, 3.63) is 54.7 Å². The molecule has 1 atom stereocenters. The van der Waals surface area contributed by atoms with Crippen molar-refractivity contribution in [1.82, 2.24) is 9.88 Å². The summed E-state index contributed by atoms with van der Waals surface area (Å²) in [4.78, 5) is 32.5. The normalized spacial score (nSPS) is 15.9. The lowest BCUT2D eigenvalue weighted by atomic mass is 10.0. The second-order valence-electron chi connectivity index (χ2n) is 6.63. The predicted octanol–water partition coefficient (Wildman–Crippen LogP) is 1.93. The van der Waals surface area contributed by atoms with Crippen LogP contribution >= 0.6 is 0 Å². The number of piperazine rings is 1. The van der Waals surface area contributed by atoms with Crippen molar-refractivity contribution in [3.8, 4) is 0 Å². The molecule has 1 saturated heterocycles. The van der Waals surface area contributed by atoms with Gasteiger partial charge in [-0.1, -0.05) is 24.3 Å². The fraction of sp³-hybridized carbons (Fsp3) is 0.350. The number of carboxylic acids is 1. The second kappa shape index (κ2) is 9.14. The first-order valence-corrected chi connectivity index (χ1v) is 9.08. The van der Waals surface area contributed by atoms with Crippen molar-refractivity contribution in [3.63, 3.8) is 0 Å². The van der Waals surface area contributed by atoms with Crippen LogP contribution in [0.15, 0.2) is 54.7 Å². The van der Waals surface area contributed by atoms with Crippen molar-refractivity contribution >= 4 is 23.4 Å². The van der Waals surface area contributed by atoms with Gasteiger partial charge in [0.15, 0.2) is 0 Å². The van der Waals surface area contributed by atoms with Gasteiger partial charge in [-0.3, -0.25) is 14.5 Å². The van der Waals surface area contributed by atoms with Crippen LogP contribution in [0.4, 0.5) is 11.5 Å². The molecule has 1 fully saturated rings. The maximum Gasteiger partial charge on any atom is 0.308 e. The fourth-order valence-electron chi connectivity index (χ4n) is 3.20. The lowest BCUT2D eigenvalue weighted by Crippen LogP contribution is -2.49. The Kier molecular flexibility index (Phi) is 6.38. The topological polar surface area (TPSA) is 85.8 Å². The minimum absolute atomic E-state index is 0.0370. The number of rotatable bonds is 7. The Labute approximate surface area is 158 Å². The molecule has 0 radical (unpaired) electrons. The molecule has 0 spiro atoms. The summed E-state index contributed by atoms with van der Waals surface area (Å²) in [5, 5.41) is 12.3. The van der Waals surface area contributed by atoms with Gasteiger partial charge in [-0.25, -0.2) is 4.98 Å². The van der Waals surface area contributed by atoms with E-state index in [9.17, 15) is 14.7 Å². The first-order chi connectivity index (χ1) is 13.1. The van der Waals surface area contributed by atoms with Crippen LogP contribution in [0, 0.1) is 5.92 Å². The third-order valence-electron chi connectivity index (χ3n) is 4.66. The average Bonchev–Trinajstić information content (AvgIpc) is 2.69. The Hall–Kier alpha value is -2.93. The van der Waals surface area contributed by atoms with Crippen molar-refractivity contribution in [2.24, 2.45) is 5.92 Å². The van der Waals surface area contributed by atoms with Crippen molar-refractivity contribution in [2.75, 3.05) is 42.9 Å². The Morgan fingerprint density at radius 1 is 1.04 bits per heavy atom. The van der Waals surface area contributed by atoms with E-state index >= 15 is 0 Å². The van der Waals surface area contributed by atoms with Gasteiger partial charge in [-0.05, 0) is 24.3 Å². The van der Waals surface area contributed by atoms with Gasteiger partial charge in [0.2, 0.25) is 5.91 Å². The number of carbonyl (C=O) groups is 2. The third-order valence-corrected chi connectivity index (χ3v) is 4.66. The molecule has 1 aliphatic heterocycles. The van der Waals surface area contributed by atoms with Crippen LogP contribution in [0.3, 0.4) is 0 Å². The number of aromatic nitrogens is 1. The SMILES string of the molecule is O=C(C[C@H](CN1CCN(c2ccccn2)CC1)C(=O)O)Nc1ccccc1. The number of hydrogen-bond donors (Lipinski definition) is 2. The summed E-state index contributed by atoms with van der Waals surface area (Å²) >= 11 is 0. The van der Waals surface area contributed by atoms with Gasteiger partial charge >= 0.3 is 5.97 Å². The predicted molar refractivity (Wildman–Crippen MR) is 104 cm³/mol. The summed E-state index contributed by atoms with van der Waals surface area (Å²) in [6, 6.07) is 14.9. The third kappa shape index (κ3) is 5.52. The minimum atomic E-state index is -0.939. The molecule has 2 N–H and O–H groups in total. The summed E-state index contributed by atoms with van der Waals surface area (Å²) in [5.74, 6) is -1.00. The van der Waals surface area contributed by atoms with Gasteiger partial charge < -0.3 is 15.3 Å². The van der Waals surface area contributed by atoms with E-state index in [-0.39, 0.29) is 12.3 Å². The molecular weight excluding hydrogens is 344 g/mol. The van der Waals surface area contributed by atoms with Crippen molar-refractivity contribution in [1.29, 1.82) is 0 Å². The largest absolute Gasteiger partial charge is 0.481 e. The number of aliphatic carboxylic acids is 1. The minimum Gasteiger partial charge on any atom is -0.481 e. The van der Waals surface area contributed by atoms with E-state index in [1.807, 2.05) is 36.4 Å². The molecular formula is C20H24N4O3. The van der Waals surface area contributed by atoms with E-state index in [1.54, 1.807) is 18.3 Å². The fourth-order valence-corrected chi connectivity index (χ4v) is 3.20. The molecule has 7 nitrogen and oxygen atoms in total. The molecule has 7 heteroatoms. The molecule has 0 bridgehead atoms. The highest BCUT2D eigenvalue weighted by molar-refractivity contribution is 5.93. The number of benzene rings is 1. The molecule has 2 heterocycles. The highest BCUT2D eigenvalue weighted by Crippen LogP contribution is 2.15. The molecule has 2 aromatic rings. The molecule has 1 aromatic heterocycles. The Bertz CT molecular complexity index is 746. The second-order valence-corrected chi connectivity index (χ2v) is 6.63. The van der Waals surface area contributed by atoms with Crippen LogP contribution in [0.5, 0.6) is 0 Å². The zero-order chi connectivity index (χ0) is 19.1. The number of amides is 1. The molecule has 27 heavy (non-hydrogen) atoms. The van der Waals surface area contributed by atoms with E-state index in [0.717, 1.165) is 32.0 Å². The Balaban J connectivity index is 1.50. The van der Waals surface area contributed by atoms with Crippen LogP contribution in [0.25, 0.3) is 0 Å². The summed E-state index contributed by atoms with van der Waals surface area (Å²) in [6.07, 6.45) is 1.73. The van der Waals surface area contributed by atoms with Gasteiger partial charge in [0.25, 0.3) is 0 Å². The van der Waals surface area contributed by atoms with Crippen LogP contribution in [-0.2, 0) is 9.59 Å². The number of para-hydroxylation sites is 1. The zero-order valence-corrected chi connectivity index (χ0v) is 15.1. The number of hydrogen-bond acceptors (Lipinski definition) is 5. The monoisotopic (exact) mass is 368 g/mol. The number of nitrogens with one attached hydrogen (secondary N) is 1. The van der Waals surface area contributed by atoms with E-state index in [2.05, 4.69) is 20.1 Å². The van der Waals surface area contributed by atoms with Crippen molar-refractivity contribution in [2.45, 2.75) is 6.42 Å². The molecule has 1 amide bonds. The molecule has 3 rings (SSSR count). The van der Waals surface area contributed by atoms with Gasteiger partial charge in [-0.2, -0.15) is 0 Å². The standard InChI is InChI=1S/C20H24N4O3/c25-19(22-17-6-2-1-3-7-17)14-16(20(26)27)15-23-10-12-24(13-11-23)18-8-4-5-9-21-18/h1-9,16H,10-15H2,(H,22,25)(H,26,27)/t16-/m1/s1. The molecule has 1 aromatic carbocycles. The zero-order valence-electron chi connectivity index (χ0n) is 15.1. The quantitative estimate of drug-likeness (QED) is 0.777. The average molecular weight is 368 g/mol. The van der Waals surface area contributed by atoms with Crippen molar-refractivity contribution < 1.29 is 14.7 Å². The smallest absolute Gasteiger partial charge is 0.308 e. The number of nitrogens with zero attached hydrogens (tertiary/aromatic N) is 3. The van der Waals surface area contributed by atoms with Gasteiger partial charge in [0.05, 0.1) is 5.92 Å². The van der Waals surface area contributed by atoms with Crippen LogP contribution in [0.2, 0.25) is 0 Å². The highest BCUT2D eigenvalue weighted by atomic mass is 16.4. The highest BCUT2D eigenvalue weighted by Gasteiger charge is 2.26. The molecule has 0 unspecified atom stereocenters. The number of carbonyl (C=O) groups excluding carboxylic acids is 1. The van der Waals surface area contributed by atoms with Crippen LogP contribution < -0.4 is 10.2 Å². The Morgan fingerprint density at radius 3 is 2.37 bits per heavy atom. The molecule has 1 aliphatic rings. The lowest BCUT2D eigenvalue weighted by Gasteiger charge is -2.36. The Morgan fingerprint density at radius 2 is 1.74 bits per heavy atom. The number of carboxylic acid groups (broad SMARTS) is 1. The van der Waals surface area contributed by atoms with E-state index in [4.69, 9.17) is 0 Å². The summed E-state index contributed by atoms with van der Waals surface area (Å²) < 4.78 is 0. The van der Waals surface area contributed by atoms with E-state index < -0.39 is 11.9 Å². The molecule has 0 saturated carbocycles. The van der Waals surface area contributed by atoms with Gasteiger partial charge in [-0.15, -0.1) is 0 Å². The molecule has 0 aliphatic carbocycles. The first kappa shape index (κ1) is 18.8. The van der Waals surface area contributed by atoms with Gasteiger partial charge in [0, 0.05) is 51.0 Å². The van der Waals surface area contributed by atoms with Gasteiger partial charge in [0.1, 0.15) is 5.82 Å². The summed E-state index contributed by atoms with van der Waals surface area (Å²) in [5.41, 5.74) is 0.676. The maximum absolute atomic E-state index is 12.2. The summed E-state index contributed by atoms with van der Waals surface area (Å²) in [7, 11) is 0. The van der Waals surface area contributed by atoms with Crippen LogP contribution in [0.1, 0.15) is 6.42 Å². The van der Waals surface area contributed by atoms with Crippen LogP contribution in [-0.4, -0.2) is 59.6 Å². The number of anilines is 2. The maximum atomic E-state index is 12.2. The van der Waals surface area contributed by atoms with E-state index in [0.29, 0.717) is 12.2 Å². The first-order valence-electron chi connectivity index (χ1n) is 9.08. The number of pyridine rings is 1. The molecule has 142 valence electrons. The lowest BCUT2D eigenvalue weighted by molar-refractivity contribution is -0.144. The summed E-state index contributed by atoms with van der Waals surface area (Å²) in [6.45, 7) is 3.45. The van der Waals surface area contributed by atoms with E-state index in [1.165, 1.54) is 0 Å².